The Balaban J connectivity index is 0.00000196. The van der Waals surface area contributed by atoms with E-state index in [2.05, 4.69) is 10.2 Å². The van der Waals surface area contributed by atoms with Gasteiger partial charge in [0.1, 0.15) is 0 Å². The molecule has 0 unspecified atom stereocenters. The van der Waals surface area contributed by atoms with Crippen LogP contribution in [-0.4, -0.2) is 62.1 Å². The summed E-state index contributed by atoms with van der Waals surface area (Å²) in [6, 6.07) is 5.11. The molecule has 0 radical (unpaired) electrons. The van der Waals surface area contributed by atoms with E-state index in [-0.39, 0.29) is 36.4 Å². The lowest BCUT2D eigenvalue weighted by molar-refractivity contribution is -0.133. The molecule has 0 spiro atoms. The summed E-state index contributed by atoms with van der Waals surface area (Å²) in [7, 11) is 1.47. The van der Waals surface area contributed by atoms with Gasteiger partial charge in [-0.3, -0.25) is 9.69 Å². The van der Waals surface area contributed by atoms with Crippen molar-refractivity contribution in [2.75, 3.05) is 46.4 Å². The fraction of sp³-hybridized carbons (Fsp3) is 0.650. The van der Waals surface area contributed by atoms with Gasteiger partial charge in [-0.25, -0.2) is 4.39 Å². The number of piperazine rings is 1. The second kappa shape index (κ2) is 12.5. The summed E-state index contributed by atoms with van der Waals surface area (Å²) < 4.78 is 18.8. The van der Waals surface area contributed by atoms with Crippen molar-refractivity contribution in [3.8, 4) is 5.75 Å². The molecule has 3 rings (SSSR count). The van der Waals surface area contributed by atoms with E-state index < -0.39 is 0 Å². The van der Waals surface area contributed by atoms with Gasteiger partial charge < -0.3 is 15.0 Å². The minimum atomic E-state index is -0.322. The first-order chi connectivity index (χ1) is 12.7. The Morgan fingerprint density at radius 3 is 2.46 bits per heavy atom. The van der Waals surface area contributed by atoms with Gasteiger partial charge in [0.2, 0.25) is 5.91 Å². The smallest absolute Gasteiger partial charge is 0.222 e. The lowest BCUT2D eigenvalue weighted by Crippen LogP contribution is -2.48. The molecule has 0 aliphatic carbocycles. The molecule has 2 saturated heterocycles. The maximum absolute atomic E-state index is 13.8. The molecule has 2 aliphatic rings. The largest absolute Gasteiger partial charge is 0.494 e. The Bertz CT molecular complexity index is 607. The lowest BCUT2D eigenvalue weighted by Gasteiger charge is -2.35. The number of hydrogen-bond donors (Lipinski definition) is 1. The van der Waals surface area contributed by atoms with Crippen LogP contribution in [0.15, 0.2) is 18.2 Å². The second-order valence-corrected chi connectivity index (χ2v) is 7.36. The molecule has 0 bridgehead atoms. The van der Waals surface area contributed by atoms with Crippen molar-refractivity contribution in [3.63, 3.8) is 0 Å². The predicted octanol–water partition coefficient (Wildman–Crippen LogP) is 3.10. The average Bonchev–Trinajstić information content (AvgIpc) is 2.68. The van der Waals surface area contributed by atoms with Crippen molar-refractivity contribution in [3.05, 3.63) is 29.6 Å². The van der Waals surface area contributed by atoms with E-state index in [9.17, 15) is 9.18 Å². The molecule has 5 nitrogen and oxygen atoms in total. The summed E-state index contributed by atoms with van der Waals surface area (Å²) in [6.07, 6.45) is 4.08. The van der Waals surface area contributed by atoms with Gasteiger partial charge >= 0.3 is 0 Å². The van der Waals surface area contributed by atoms with Gasteiger partial charge in [0.15, 0.2) is 11.6 Å². The maximum Gasteiger partial charge on any atom is 0.222 e. The highest BCUT2D eigenvalue weighted by Crippen LogP contribution is 2.20. The molecule has 2 fully saturated rings. The van der Waals surface area contributed by atoms with Gasteiger partial charge in [0.25, 0.3) is 0 Å². The number of nitrogens with zero attached hydrogens (tertiary/aromatic N) is 2. The van der Waals surface area contributed by atoms with Gasteiger partial charge in [-0.2, -0.15) is 0 Å². The molecule has 1 aromatic carbocycles. The summed E-state index contributed by atoms with van der Waals surface area (Å²) in [6.45, 7) is 6.10. The van der Waals surface area contributed by atoms with Crippen LogP contribution in [0, 0.1) is 11.7 Å². The molecule has 160 valence electrons. The third-order valence-corrected chi connectivity index (χ3v) is 5.57. The van der Waals surface area contributed by atoms with Crippen LogP contribution in [0.2, 0.25) is 0 Å². The fourth-order valence-electron chi connectivity index (χ4n) is 3.88. The zero-order valence-electron chi connectivity index (χ0n) is 16.5. The third kappa shape index (κ3) is 7.07. The number of hydrogen-bond acceptors (Lipinski definition) is 4. The van der Waals surface area contributed by atoms with Crippen LogP contribution < -0.4 is 10.1 Å². The van der Waals surface area contributed by atoms with Crippen molar-refractivity contribution in [2.45, 2.75) is 32.2 Å². The number of rotatable bonds is 6. The summed E-state index contributed by atoms with van der Waals surface area (Å²) in [5.41, 5.74) is 0.939. The van der Waals surface area contributed by atoms with E-state index in [1.165, 1.54) is 26.0 Å². The van der Waals surface area contributed by atoms with Gasteiger partial charge in [0.05, 0.1) is 7.11 Å². The standard InChI is InChI=1S/C20H30FN3O2.2ClH/c1-26-19-4-2-17(14-18(19)21)15-23-10-12-24(13-11-23)20(25)5-3-16-6-8-22-9-7-16;;/h2,4,14,16,22H,3,5-13,15H2,1H3;2*1H. The number of ether oxygens (including phenoxy) is 1. The van der Waals surface area contributed by atoms with Crippen LogP contribution in [0.25, 0.3) is 0 Å². The highest BCUT2D eigenvalue weighted by atomic mass is 35.5. The monoisotopic (exact) mass is 435 g/mol. The number of methoxy groups -OCH3 is 1. The van der Waals surface area contributed by atoms with E-state index in [1.54, 1.807) is 6.07 Å². The van der Waals surface area contributed by atoms with E-state index in [1.807, 2.05) is 11.0 Å². The van der Waals surface area contributed by atoms with Crippen molar-refractivity contribution >= 4 is 30.7 Å². The predicted molar refractivity (Wildman–Crippen MR) is 114 cm³/mol. The van der Waals surface area contributed by atoms with Crippen LogP contribution >= 0.6 is 24.8 Å². The molecule has 1 aromatic rings. The molecule has 2 heterocycles. The van der Waals surface area contributed by atoms with E-state index in [0.29, 0.717) is 24.8 Å². The maximum atomic E-state index is 13.8. The van der Waals surface area contributed by atoms with Crippen molar-refractivity contribution < 1.29 is 13.9 Å². The summed E-state index contributed by atoms with van der Waals surface area (Å²) in [4.78, 5) is 16.7. The van der Waals surface area contributed by atoms with Crippen LogP contribution in [-0.2, 0) is 11.3 Å². The van der Waals surface area contributed by atoms with Crippen LogP contribution in [0.4, 0.5) is 4.39 Å². The summed E-state index contributed by atoms with van der Waals surface area (Å²) in [5.74, 6) is 0.944. The first kappa shape index (κ1) is 25.0. The topological polar surface area (TPSA) is 44.8 Å². The van der Waals surface area contributed by atoms with Gasteiger partial charge in [-0.1, -0.05) is 6.07 Å². The minimum absolute atomic E-state index is 0. The molecule has 1 N–H and O–H groups in total. The molecular formula is C20H32Cl2FN3O2. The van der Waals surface area contributed by atoms with Crippen molar-refractivity contribution in [1.29, 1.82) is 0 Å². The summed E-state index contributed by atoms with van der Waals surface area (Å²) in [5, 5.41) is 3.37. The van der Waals surface area contributed by atoms with Crippen LogP contribution in [0.3, 0.4) is 0 Å². The van der Waals surface area contributed by atoms with Crippen molar-refractivity contribution in [1.82, 2.24) is 15.1 Å². The Kier molecular flexibility index (Phi) is 11.1. The Morgan fingerprint density at radius 1 is 1.18 bits per heavy atom. The summed E-state index contributed by atoms with van der Waals surface area (Å²) >= 11 is 0. The lowest BCUT2D eigenvalue weighted by atomic mass is 9.93. The molecule has 0 aromatic heterocycles. The molecule has 8 heteroatoms. The van der Waals surface area contributed by atoms with E-state index in [4.69, 9.17) is 4.74 Å². The third-order valence-electron chi connectivity index (χ3n) is 5.57. The quantitative estimate of drug-likeness (QED) is 0.745. The van der Waals surface area contributed by atoms with Gasteiger partial charge in [0, 0.05) is 39.1 Å². The number of halogens is 3. The number of amides is 1. The number of nitrogens with one attached hydrogen (secondary N) is 1. The average molecular weight is 436 g/mol. The molecule has 0 saturated carbocycles. The fourth-order valence-corrected chi connectivity index (χ4v) is 3.88. The van der Waals surface area contributed by atoms with E-state index in [0.717, 1.165) is 51.3 Å². The number of carbonyl (C=O) groups excluding carboxylic acids is 1. The zero-order chi connectivity index (χ0) is 18.4. The first-order valence-corrected chi connectivity index (χ1v) is 9.69. The normalized spacial score (nSPS) is 18.1. The second-order valence-electron chi connectivity index (χ2n) is 7.36. The highest BCUT2D eigenvalue weighted by molar-refractivity contribution is 5.85. The Morgan fingerprint density at radius 2 is 1.86 bits per heavy atom. The molecule has 0 atom stereocenters. The number of benzene rings is 1. The van der Waals surface area contributed by atoms with Crippen LogP contribution in [0.5, 0.6) is 5.75 Å². The zero-order valence-corrected chi connectivity index (χ0v) is 18.1. The van der Waals surface area contributed by atoms with Crippen molar-refractivity contribution in [2.24, 2.45) is 5.92 Å². The van der Waals surface area contributed by atoms with Gasteiger partial charge in [-0.05, 0) is 56.0 Å². The minimum Gasteiger partial charge on any atom is -0.494 e. The van der Waals surface area contributed by atoms with Gasteiger partial charge in [-0.15, -0.1) is 24.8 Å². The van der Waals surface area contributed by atoms with E-state index >= 15 is 0 Å². The first-order valence-electron chi connectivity index (χ1n) is 9.69. The Hall–Kier alpha value is -1.08. The SMILES string of the molecule is COc1ccc(CN2CCN(C(=O)CCC3CCNCC3)CC2)cc1F.Cl.Cl. The molecule has 1 amide bonds. The molecular weight excluding hydrogens is 404 g/mol. The number of piperidine rings is 1. The number of carbonyl (C=O) groups is 1. The molecule has 28 heavy (non-hydrogen) atoms. The molecule has 2 aliphatic heterocycles. The van der Waals surface area contributed by atoms with Crippen LogP contribution in [0.1, 0.15) is 31.2 Å². The highest BCUT2D eigenvalue weighted by Gasteiger charge is 2.22. The Labute approximate surface area is 179 Å².